The minimum Gasteiger partial charge on any atom is -0.484 e. The molecular formula is C27H33ClN8O2. The normalized spacial score (nSPS) is 14.7. The molecule has 0 bridgehead atoms. The summed E-state index contributed by atoms with van der Waals surface area (Å²) in [5.74, 6) is 1.11. The lowest BCUT2D eigenvalue weighted by Crippen LogP contribution is -2.39. The van der Waals surface area contributed by atoms with E-state index in [1.807, 2.05) is 36.0 Å². The van der Waals surface area contributed by atoms with Gasteiger partial charge < -0.3 is 20.4 Å². The highest BCUT2D eigenvalue weighted by molar-refractivity contribution is 6.34. The van der Waals surface area contributed by atoms with Gasteiger partial charge in [0.05, 0.1) is 22.6 Å². The maximum atomic E-state index is 11.4. The average Bonchev–Trinajstić information content (AvgIpc) is 3.46. The predicted molar refractivity (Wildman–Crippen MR) is 149 cm³/mol. The van der Waals surface area contributed by atoms with Gasteiger partial charge in [-0.3, -0.25) is 14.4 Å². The van der Waals surface area contributed by atoms with Crippen molar-refractivity contribution in [2.24, 2.45) is 7.05 Å². The number of likely N-dealkylation sites (N-methyl/N-ethyl adjacent to an activating group) is 1. The van der Waals surface area contributed by atoms with Gasteiger partial charge in [0, 0.05) is 56.6 Å². The number of carbonyl (C=O) groups is 1. The standard InChI is InChI=1S/C27H33ClN8O2/c1-16-21(17(2)35(4)34-16)14-36-11-9-19(10-12-36)31-24-22(28)13-30-27-25(24)32-26(33-27)18-5-7-20(8-6-18)38-15-23(37)29-3/h5-8,13,19H,9-12,14-15H2,1-4H3,(H,29,37)(H2,30,31,32,33). The molecule has 5 rings (SSSR count). The molecule has 4 aromatic rings. The fraction of sp³-hybridized carbons (Fsp3) is 0.407. The summed E-state index contributed by atoms with van der Waals surface area (Å²) in [5.41, 5.74) is 6.77. The first kappa shape index (κ1) is 26.0. The molecule has 3 N–H and O–H groups in total. The number of imidazole rings is 1. The van der Waals surface area contributed by atoms with Gasteiger partial charge in [-0.05, 0) is 51.0 Å². The first-order chi connectivity index (χ1) is 18.3. The van der Waals surface area contributed by atoms with Crippen molar-refractivity contribution in [1.29, 1.82) is 0 Å². The number of piperidine rings is 1. The molecule has 1 fully saturated rings. The summed E-state index contributed by atoms with van der Waals surface area (Å²) in [6.07, 6.45) is 3.67. The number of aromatic nitrogens is 5. The van der Waals surface area contributed by atoms with Crippen LogP contribution in [0.2, 0.25) is 5.02 Å². The van der Waals surface area contributed by atoms with Gasteiger partial charge in [0.2, 0.25) is 0 Å². The number of anilines is 1. The summed E-state index contributed by atoms with van der Waals surface area (Å²) in [5, 5.41) is 11.3. The zero-order chi connectivity index (χ0) is 26.8. The number of likely N-dealkylation sites (tertiary alicyclic amines) is 1. The van der Waals surface area contributed by atoms with Crippen LogP contribution in [0.3, 0.4) is 0 Å². The van der Waals surface area contributed by atoms with Gasteiger partial charge in [0.15, 0.2) is 12.3 Å². The number of rotatable bonds is 8. The Hall–Kier alpha value is -3.63. The van der Waals surface area contributed by atoms with Crippen LogP contribution in [0.25, 0.3) is 22.6 Å². The molecule has 1 aliphatic rings. The fourth-order valence-electron chi connectivity index (χ4n) is 4.85. The summed E-state index contributed by atoms with van der Waals surface area (Å²) >= 11 is 6.60. The number of amides is 1. The summed E-state index contributed by atoms with van der Waals surface area (Å²) in [6, 6.07) is 7.72. The van der Waals surface area contributed by atoms with Crippen molar-refractivity contribution in [2.75, 3.05) is 32.1 Å². The van der Waals surface area contributed by atoms with Crippen molar-refractivity contribution in [2.45, 2.75) is 39.3 Å². The molecule has 11 heteroatoms. The molecule has 3 aromatic heterocycles. The van der Waals surface area contributed by atoms with Crippen molar-refractivity contribution < 1.29 is 9.53 Å². The van der Waals surface area contributed by atoms with E-state index in [-0.39, 0.29) is 12.5 Å². The van der Waals surface area contributed by atoms with E-state index in [0.717, 1.165) is 54.9 Å². The Morgan fingerprint density at radius 3 is 2.61 bits per heavy atom. The monoisotopic (exact) mass is 536 g/mol. The molecular weight excluding hydrogens is 504 g/mol. The first-order valence-electron chi connectivity index (χ1n) is 12.8. The number of hydrogen-bond acceptors (Lipinski definition) is 7. The van der Waals surface area contributed by atoms with Crippen molar-refractivity contribution >= 4 is 34.4 Å². The van der Waals surface area contributed by atoms with E-state index in [1.54, 1.807) is 13.2 Å². The zero-order valence-corrected chi connectivity index (χ0v) is 22.9. The number of aryl methyl sites for hydroxylation is 2. The summed E-state index contributed by atoms with van der Waals surface area (Å²) in [4.78, 5) is 26.4. The Bertz CT molecular complexity index is 1440. The number of aromatic amines is 1. The van der Waals surface area contributed by atoms with Crippen molar-refractivity contribution in [1.82, 2.24) is 34.9 Å². The highest BCUT2D eigenvalue weighted by Crippen LogP contribution is 2.32. The number of ether oxygens (including phenoxy) is 1. The van der Waals surface area contributed by atoms with E-state index in [0.29, 0.717) is 28.3 Å². The van der Waals surface area contributed by atoms with Crippen LogP contribution in [-0.4, -0.2) is 68.3 Å². The van der Waals surface area contributed by atoms with Crippen LogP contribution in [0, 0.1) is 13.8 Å². The molecule has 1 amide bonds. The van der Waals surface area contributed by atoms with E-state index < -0.39 is 0 Å². The van der Waals surface area contributed by atoms with E-state index in [1.165, 1.54) is 11.3 Å². The third-order valence-electron chi connectivity index (χ3n) is 7.23. The van der Waals surface area contributed by atoms with E-state index in [2.05, 4.69) is 49.4 Å². The number of pyridine rings is 1. The number of nitrogens with one attached hydrogen (secondary N) is 3. The zero-order valence-electron chi connectivity index (χ0n) is 22.1. The number of fused-ring (bicyclic) bond motifs is 1. The van der Waals surface area contributed by atoms with Gasteiger partial charge in [0.25, 0.3) is 5.91 Å². The van der Waals surface area contributed by atoms with Crippen LogP contribution in [0.5, 0.6) is 5.75 Å². The molecule has 4 heterocycles. The van der Waals surface area contributed by atoms with Gasteiger partial charge >= 0.3 is 0 Å². The quantitative estimate of drug-likeness (QED) is 0.313. The van der Waals surface area contributed by atoms with Crippen LogP contribution >= 0.6 is 11.6 Å². The maximum Gasteiger partial charge on any atom is 0.257 e. The van der Waals surface area contributed by atoms with Crippen LogP contribution in [0.1, 0.15) is 29.8 Å². The summed E-state index contributed by atoms with van der Waals surface area (Å²) in [6.45, 7) is 7.12. The number of benzene rings is 1. The molecule has 38 heavy (non-hydrogen) atoms. The highest BCUT2D eigenvalue weighted by atomic mass is 35.5. The van der Waals surface area contributed by atoms with E-state index in [4.69, 9.17) is 16.3 Å². The minimum absolute atomic E-state index is 0.0282. The van der Waals surface area contributed by atoms with Crippen LogP contribution in [0.4, 0.5) is 5.69 Å². The molecule has 0 saturated carbocycles. The maximum absolute atomic E-state index is 11.4. The molecule has 1 aliphatic heterocycles. The molecule has 0 spiro atoms. The lowest BCUT2D eigenvalue weighted by atomic mass is 10.0. The van der Waals surface area contributed by atoms with Gasteiger partial charge in [-0.25, -0.2) is 9.97 Å². The number of hydrogen-bond donors (Lipinski definition) is 3. The molecule has 0 aliphatic carbocycles. The van der Waals surface area contributed by atoms with Gasteiger partial charge in [-0.15, -0.1) is 0 Å². The number of H-pyrrole nitrogens is 1. The molecule has 0 radical (unpaired) electrons. The molecule has 10 nitrogen and oxygen atoms in total. The third kappa shape index (κ3) is 5.46. The first-order valence-corrected chi connectivity index (χ1v) is 13.2. The Morgan fingerprint density at radius 2 is 1.95 bits per heavy atom. The summed E-state index contributed by atoms with van der Waals surface area (Å²) < 4.78 is 7.45. The molecule has 1 saturated heterocycles. The van der Waals surface area contributed by atoms with Crippen LogP contribution in [-0.2, 0) is 18.4 Å². The Labute approximate surface area is 226 Å². The van der Waals surface area contributed by atoms with Gasteiger partial charge in [-0.1, -0.05) is 11.6 Å². The number of nitrogens with zero attached hydrogens (tertiary/aromatic N) is 5. The van der Waals surface area contributed by atoms with Crippen LogP contribution < -0.4 is 15.4 Å². The van der Waals surface area contributed by atoms with Crippen molar-refractivity contribution in [3.05, 3.63) is 52.4 Å². The lowest BCUT2D eigenvalue weighted by molar-refractivity contribution is -0.122. The SMILES string of the molecule is CNC(=O)COc1ccc(-c2nc3ncc(Cl)c(NC4CCN(Cc5c(C)nn(C)c5C)CC4)c3[nH]2)cc1. The summed E-state index contributed by atoms with van der Waals surface area (Å²) in [7, 11) is 3.58. The Kier molecular flexibility index (Phi) is 7.53. The lowest BCUT2D eigenvalue weighted by Gasteiger charge is -2.33. The highest BCUT2D eigenvalue weighted by Gasteiger charge is 2.23. The topological polar surface area (TPSA) is 113 Å². The van der Waals surface area contributed by atoms with Crippen molar-refractivity contribution in [3.63, 3.8) is 0 Å². The minimum atomic E-state index is -0.182. The second kappa shape index (κ2) is 11.0. The molecule has 200 valence electrons. The average molecular weight is 537 g/mol. The van der Waals surface area contributed by atoms with Crippen molar-refractivity contribution in [3.8, 4) is 17.1 Å². The number of halogens is 1. The molecule has 0 atom stereocenters. The fourth-order valence-corrected chi connectivity index (χ4v) is 5.05. The second-order valence-electron chi connectivity index (χ2n) is 9.72. The predicted octanol–water partition coefficient (Wildman–Crippen LogP) is 3.83. The molecule has 0 unspecified atom stereocenters. The van der Waals surface area contributed by atoms with Crippen LogP contribution in [0.15, 0.2) is 30.5 Å². The third-order valence-corrected chi connectivity index (χ3v) is 7.51. The largest absolute Gasteiger partial charge is 0.484 e. The van der Waals surface area contributed by atoms with E-state index >= 15 is 0 Å². The van der Waals surface area contributed by atoms with Gasteiger partial charge in [-0.2, -0.15) is 5.10 Å². The van der Waals surface area contributed by atoms with E-state index in [9.17, 15) is 4.79 Å². The Balaban J connectivity index is 1.26. The number of carbonyl (C=O) groups excluding carboxylic acids is 1. The second-order valence-corrected chi connectivity index (χ2v) is 10.1. The Morgan fingerprint density at radius 1 is 1.21 bits per heavy atom. The van der Waals surface area contributed by atoms with Gasteiger partial charge in [0.1, 0.15) is 17.1 Å². The molecule has 1 aromatic carbocycles. The smallest absolute Gasteiger partial charge is 0.257 e.